The summed E-state index contributed by atoms with van der Waals surface area (Å²) in [5, 5.41) is 21.6. The van der Waals surface area contributed by atoms with Crippen molar-refractivity contribution in [1.29, 1.82) is 5.41 Å². The van der Waals surface area contributed by atoms with Gasteiger partial charge in [-0.3, -0.25) is 14.7 Å². The largest absolute Gasteiger partial charge is 0.364 e. The molecule has 5 N–H and O–H groups in total. The molecule has 166 valence electrons. The zero-order valence-electron chi connectivity index (χ0n) is 17.4. The van der Waals surface area contributed by atoms with E-state index >= 15 is 0 Å². The highest BCUT2D eigenvalue weighted by Crippen LogP contribution is 2.31. The van der Waals surface area contributed by atoms with Crippen LogP contribution in [0.15, 0.2) is 29.8 Å². The number of H-pyrrole nitrogens is 1. The van der Waals surface area contributed by atoms with Crippen LogP contribution in [0.25, 0.3) is 21.3 Å². The van der Waals surface area contributed by atoms with Crippen molar-refractivity contribution in [1.82, 2.24) is 30.0 Å². The number of benzene rings is 1. The maximum Gasteiger partial charge on any atom is 0.277 e. The molecule has 0 aliphatic heterocycles. The summed E-state index contributed by atoms with van der Waals surface area (Å²) in [6.07, 6.45) is 3.36. The van der Waals surface area contributed by atoms with E-state index < -0.39 is 5.91 Å². The van der Waals surface area contributed by atoms with Gasteiger partial charge in [-0.25, -0.2) is 9.97 Å². The summed E-state index contributed by atoms with van der Waals surface area (Å²) in [7, 11) is 1.76. The van der Waals surface area contributed by atoms with E-state index in [-0.39, 0.29) is 10.9 Å². The number of carbonyl (C=O) groups excluding carboxylic acids is 2. The van der Waals surface area contributed by atoms with Crippen LogP contribution in [0, 0.1) is 5.41 Å². The third-order valence-corrected chi connectivity index (χ3v) is 7.26. The minimum atomic E-state index is -0.554. The summed E-state index contributed by atoms with van der Waals surface area (Å²) in [6, 6.07) is 5.77. The molecule has 0 aliphatic carbocycles. The van der Waals surface area contributed by atoms with Crippen LogP contribution in [-0.2, 0) is 20.0 Å². The van der Waals surface area contributed by atoms with Gasteiger partial charge in [0.05, 0.1) is 22.1 Å². The molecular weight excluding hydrogens is 460 g/mol. The summed E-state index contributed by atoms with van der Waals surface area (Å²) in [4.78, 5) is 33.2. The Bertz CT molecular complexity index is 1540. The monoisotopic (exact) mass is 478 g/mol. The first-order valence-corrected chi connectivity index (χ1v) is 11.6. The number of primary amides is 1. The third kappa shape index (κ3) is 3.68. The van der Waals surface area contributed by atoms with E-state index in [0.717, 1.165) is 26.2 Å². The first-order chi connectivity index (χ1) is 16.0. The maximum absolute atomic E-state index is 13.1. The molecule has 5 aromatic rings. The van der Waals surface area contributed by atoms with Gasteiger partial charge in [-0.05, 0) is 11.6 Å². The highest BCUT2D eigenvalue weighted by molar-refractivity contribution is 7.19. The molecule has 0 bridgehead atoms. The van der Waals surface area contributed by atoms with E-state index in [2.05, 4.69) is 25.5 Å². The van der Waals surface area contributed by atoms with Gasteiger partial charge in [-0.2, -0.15) is 5.10 Å². The zero-order valence-corrected chi connectivity index (χ0v) is 19.0. The number of nitrogens with two attached hydrogens (primary N) is 1. The molecule has 5 rings (SSSR count). The fourth-order valence-corrected chi connectivity index (χ4v) is 5.53. The number of nitrogens with one attached hydrogen (secondary N) is 3. The second-order valence-corrected chi connectivity index (χ2v) is 9.28. The van der Waals surface area contributed by atoms with Gasteiger partial charge in [-0.1, -0.05) is 12.1 Å². The van der Waals surface area contributed by atoms with Crippen molar-refractivity contribution >= 4 is 62.0 Å². The van der Waals surface area contributed by atoms with Gasteiger partial charge in [-0.15, -0.1) is 22.7 Å². The van der Waals surface area contributed by atoms with Crippen LogP contribution in [0.1, 0.15) is 42.1 Å². The molecule has 12 heteroatoms. The Hall–Kier alpha value is -3.90. The van der Waals surface area contributed by atoms with Gasteiger partial charge in [0.15, 0.2) is 10.7 Å². The van der Waals surface area contributed by atoms with E-state index in [1.54, 1.807) is 23.2 Å². The molecule has 4 aromatic heterocycles. The average Bonchev–Trinajstić information content (AvgIpc) is 3.57. The van der Waals surface area contributed by atoms with Crippen molar-refractivity contribution in [3.05, 3.63) is 62.3 Å². The average molecular weight is 479 g/mol. The molecule has 0 radical (unpaired) electrons. The predicted molar refractivity (Wildman–Crippen MR) is 127 cm³/mol. The molecule has 0 saturated heterocycles. The number of aromatic nitrogens is 5. The number of aryl methyl sites for hydroxylation is 1. The minimum Gasteiger partial charge on any atom is -0.364 e. The van der Waals surface area contributed by atoms with Gasteiger partial charge in [0, 0.05) is 42.6 Å². The molecule has 0 unspecified atom stereocenters. The topological polar surface area (TPSA) is 155 Å². The van der Waals surface area contributed by atoms with Crippen LogP contribution in [0.4, 0.5) is 0 Å². The lowest BCUT2D eigenvalue weighted by Crippen LogP contribution is -2.26. The molecule has 4 heterocycles. The van der Waals surface area contributed by atoms with Crippen LogP contribution in [0.2, 0.25) is 0 Å². The zero-order chi connectivity index (χ0) is 23.1. The van der Waals surface area contributed by atoms with Crippen molar-refractivity contribution in [2.75, 3.05) is 0 Å². The van der Waals surface area contributed by atoms with Crippen molar-refractivity contribution in [2.24, 2.45) is 12.8 Å². The summed E-state index contributed by atoms with van der Waals surface area (Å²) in [5.74, 6) is -0.838. The number of aromatic amines is 1. The Balaban J connectivity index is 1.41. The van der Waals surface area contributed by atoms with Crippen LogP contribution >= 0.6 is 22.7 Å². The lowest BCUT2D eigenvalue weighted by Gasteiger charge is -2.08. The van der Waals surface area contributed by atoms with Gasteiger partial charge in [0.1, 0.15) is 10.7 Å². The Morgan fingerprint density at radius 3 is 2.94 bits per heavy atom. The van der Waals surface area contributed by atoms with E-state index in [9.17, 15) is 9.59 Å². The van der Waals surface area contributed by atoms with Crippen molar-refractivity contribution < 1.29 is 9.59 Å². The fourth-order valence-electron chi connectivity index (χ4n) is 3.74. The molecule has 10 nitrogen and oxygen atoms in total. The van der Waals surface area contributed by atoms with Gasteiger partial charge < -0.3 is 21.0 Å². The maximum atomic E-state index is 13.1. The number of hydrogen-bond donors (Lipinski definition) is 4. The van der Waals surface area contributed by atoms with Crippen molar-refractivity contribution in [2.45, 2.75) is 13.0 Å². The summed E-state index contributed by atoms with van der Waals surface area (Å²) >= 11 is 2.60. The van der Waals surface area contributed by atoms with Crippen molar-refractivity contribution in [3.8, 4) is 0 Å². The predicted octanol–water partition coefficient (Wildman–Crippen LogP) is 2.58. The minimum absolute atomic E-state index is 0.261. The number of hydrogen-bond acceptors (Lipinski definition) is 8. The fraction of sp³-hybridized carbons (Fsp3) is 0.143. The first-order valence-electron chi connectivity index (χ1n) is 9.88. The number of fused-ring (bicyclic) bond motifs is 2. The Kier molecular flexibility index (Phi) is 5.23. The molecule has 0 fully saturated rings. The highest BCUT2D eigenvalue weighted by atomic mass is 32.1. The van der Waals surface area contributed by atoms with Crippen LogP contribution in [0.3, 0.4) is 0 Å². The molecule has 0 saturated carbocycles. The molecule has 33 heavy (non-hydrogen) atoms. The SMILES string of the molecule is Cn1c(C(=O)NCc2cccc3[nH]ncc23)c(C=N)c2sc(Cc3csc(C(N)=O)n3)nc21. The quantitative estimate of drug-likeness (QED) is 0.265. The lowest BCUT2D eigenvalue weighted by atomic mass is 10.1. The highest BCUT2D eigenvalue weighted by Gasteiger charge is 2.23. The lowest BCUT2D eigenvalue weighted by molar-refractivity contribution is 0.0942. The van der Waals surface area contributed by atoms with E-state index in [4.69, 9.17) is 11.1 Å². The second-order valence-electron chi connectivity index (χ2n) is 7.34. The first kappa shape index (κ1) is 21.0. The van der Waals surface area contributed by atoms with E-state index in [1.165, 1.54) is 28.9 Å². The normalized spacial score (nSPS) is 11.3. The Labute approximate surface area is 195 Å². The summed E-state index contributed by atoms with van der Waals surface area (Å²) in [6.45, 7) is 0.330. The summed E-state index contributed by atoms with van der Waals surface area (Å²) in [5.41, 5.74) is 9.36. The Morgan fingerprint density at radius 2 is 2.18 bits per heavy atom. The van der Waals surface area contributed by atoms with Crippen LogP contribution in [0.5, 0.6) is 0 Å². The van der Waals surface area contributed by atoms with Gasteiger partial charge >= 0.3 is 0 Å². The van der Waals surface area contributed by atoms with Gasteiger partial charge in [0.2, 0.25) is 0 Å². The molecular formula is C21H18N8O2S2. The van der Waals surface area contributed by atoms with Crippen LogP contribution < -0.4 is 11.1 Å². The standard InChI is InChI=1S/C21H18N8O2S2/c1-29-16(20(31)24-7-10-3-2-4-14-13(10)8-25-28-14)12(6-22)17-19(29)27-15(33-17)5-11-9-32-21(26-11)18(23)30/h2-4,6,8-9,22H,5,7H2,1H3,(H2,23,30)(H,24,31)(H,25,28). The number of thiazole rings is 2. The second kappa shape index (κ2) is 8.22. The Morgan fingerprint density at radius 1 is 1.33 bits per heavy atom. The number of amides is 2. The number of nitrogens with zero attached hydrogens (tertiary/aromatic N) is 4. The molecule has 1 aromatic carbocycles. The van der Waals surface area contributed by atoms with Crippen LogP contribution in [-0.4, -0.2) is 42.8 Å². The smallest absolute Gasteiger partial charge is 0.277 e. The number of carbonyl (C=O) groups is 2. The summed E-state index contributed by atoms with van der Waals surface area (Å²) < 4.78 is 2.47. The van der Waals surface area contributed by atoms with E-state index in [1.807, 2.05) is 18.2 Å². The van der Waals surface area contributed by atoms with Gasteiger partial charge in [0.25, 0.3) is 11.8 Å². The van der Waals surface area contributed by atoms with Crippen molar-refractivity contribution in [3.63, 3.8) is 0 Å². The molecule has 0 spiro atoms. The molecule has 0 atom stereocenters. The molecule has 2 amide bonds. The molecule has 0 aliphatic rings. The third-order valence-electron chi connectivity index (χ3n) is 5.28. The van der Waals surface area contributed by atoms with E-state index in [0.29, 0.717) is 35.6 Å². The number of rotatable bonds is 7.